The van der Waals surface area contributed by atoms with Crippen LogP contribution in [0.5, 0.6) is 0 Å². The van der Waals surface area contributed by atoms with Crippen molar-refractivity contribution in [1.29, 1.82) is 0 Å². The highest BCUT2D eigenvalue weighted by atomic mass is 32.2. The summed E-state index contributed by atoms with van der Waals surface area (Å²) >= 11 is 3.74. The number of esters is 2. The Morgan fingerprint density at radius 1 is 0.627 bits per heavy atom. The molecule has 4 heterocycles. The first-order chi connectivity index (χ1) is 36.3. The first kappa shape index (κ1) is 60.3. The van der Waals surface area contributed by atoms with E-state index in [1.54, 1.807) is 0 Å². The molecule has 5 rings (SSSR count). The Kier molecular flexibility index (Phi) is 26.4. The van der Waals surface area contributed by atoms with Gasteiger partial charge in [-0.25, -0.2) is 24.4 Å². The van der Waals surface area contributed by atoms with Gasteiger partial charge in [-0.1, -0.05) is 12.8 Å². The van der Waals surface area contributed by atoms with E-state index in [2.05, 4.69) is 52.5 Å². The number of fused-ring (bicyclic) bond motifs is 2. The van der Waals surface area contributed by atoms with Crippen LogP contribution in [0, 0.1) is 0 Å². The van der Waals surface area contributed by atoms with Crippen LogP contribution in [0.3, 0.4) is 0 Å². The number of anilines is 1. The molecule has 24 nitrogen and oxygen atoms in total. The molecule has 0 unspecified atom stereocenters. The molecule has 0 spiro atoms. The predicted octanol–water partition coefficient (Wildman–Crippen LogP) is 0.578. The zero-order valence-corrected chi connectivity index (χ0v) is 44.9. The molecule has 26 heteroatoms. The summed E-state index contributed by atoms with van der Waals surface area (Å²) in [4.78, 5) is 99.7. The number of nitrogens with zero attached hydrogens (tertiary/aromatic N) is 2. The molecular weight excluding hydrogens is 1010 g/mol. The van der Waals surface area contributed by atoms with Gasteiger partial charge in [-0.05, 0) is 82.4 Å². The number of guanidine groups is 2. The topological polar surface area (TPSA) is 355 Å². The third kappa shape index (κ3) is 20.8. The Labute approximate surface area is 447 Å². The smallest absolute Gasteiger partial charge is 0.328 e. The molecule has 0 radical (unpaired) electrons. The van der Waals surface area contributed by atoms with Crippen molar-refractivity contribution in [3.8, 4) is 0 Å². The SMILES string of the molecule is COC(=O)[C@H](CCCCNC(=O)c1cc(NC(=O)NCCOCCOCCN)cc(C(=O)NCCCC[C@H](NC(=O)CCCC[C@@H]2SC[C@@H]3N=C(N)N[C@@H]32)C(=O)OC)c1)NC(=O)CCCC[C@@H]1SC[C@@H]2N=C(N)N[C@@H]21. The lowest BCUT2D eigenvalue weighted by Crippen LogP contribution is -2.42. The number of urea groups is 1. The van der Waals surface area contributed by atoms with Crippen molar-refractivity contribution >= 4 is 82.7 Å². The molecule has 0 bridgehead atoms. The van der Waals surface area contributed by atoms with E-state index in [1.165, 1.54) is 32.4 Å². The van der Waals surface area contributed by atoms with Crippen molar-refractivity contribution in [2.24, 2.45) is 27.2 Å². The van der Waals surface area contributed by atoms with E-state index in [9.17, 15) is 33.6 Å². The van der Waals surface area contributed by atoms with E-state index in [-0.39, 0.29) is 91.9 Å². The number of carbonyl (C=O) groups excluding carboxylic acids is 7. The van der Waals surface area contributed by atoms with Gasteiger partial charge in [0.15, 0.2) is 11.9 Å². The van der Waals surface area contributed by atoms with Crippen LogP contribution in [0.15, 0.2) is 28.2 Å². The molecular formula is C49H79N13O11S2. The predicted molar refractivity (Wildman–Crippen MR) is 289 cm³/mol. The normalized spacial score (nSPS) is 20.9. The van der Waals surface area contributed by atoms with Gasteiger partial charge in [-0.2, -0.15) is 23.5 Å². The maximum Gasteiger partial charge on any atom is 0.328 e. The molecule has 1 aromatic carbocycles. The minimum Gasteiger partial charge on any atom is -0.467 e. The van der Waals surface area contributed by atoms with Crippen molar-refractivity contribution in [2.75, 3.05) is 83.6 Å². The van der Waals surface area contributed by atoms with Gasteiger partial charge in [0.25, 0.3) is 11.8 Å². The number of ether oxygens (including phenoxy) is 4. The number of nitrogens with one attached hydrogen (secondary N) is 8. The molecule has 0 aliphatic carbocycles. The van der Waals surface area contributed by atoms with E-state index in [4.69, 9.17) is 36.1 Å². The zero-order valence-electron chi connectivity index (χ0n) is 43.3. The summed E-state index contributed by atoms with van der Waals surface area (Å²) in [5.74, 6) is 0.215. The Bertz CT molecular complexity index is 2000. The average Bonchev–Trinajstić information content (AvgIpc) is 4.17. The van der Waals surface area contributed by atoms with Crippen LogP contribution in [0.1, 0.15) is 111 Å². The van der Waals surface area contributed by atoms with Gasteiger partial charge in [0.1, 0.15) is 12.1 Å². The lowest BCUT2D eigenvalue weighted by Gasteiger charge is -2.18. The molecule has 4 aliphatic rings. The molecule has 418 valence electrons. The van der Waals surface area contributed by atoms with Gasteiger partial charge >= 0.3 is 18.0 Å². The van der Waals surface area contributed by atoms with Crippen molar-refractivity contribution in [3.05, 3.63) is 29.3 Å². The second-order valence-electron chi connectivity index (χ2n) is 18.7. The maximum absolute atomic E-state index is 13.5. The fourth-order valence-corrected chi connectivity index (χ4v) is 12.2. The van der Waals surface area contributed by atoms with Crippen molar-refractivity contribution in [3.63, 3.8) is 0 Å². The Hall–Kier alpha value is -5.57. The van der Waals surface area contributed by atoms with Gasteiger partial charge < -0.3 is 78.7 Å². The van der Waals surface area contributed by atoms with E-state index in [0.29, 0.717) is 100 Å². The number of nitrogens with two attached hydrogens (primary N) is 3. The number of thioether (sulfide) groups is 2. The molecule has 1 aromatic rings. The Morgan fingerprint density at radius 2 is 1.11 bits per heavy atom. The highest BCUT2D eigenvalue weighted by molar-refractivity contribution is 8.00. The van der Waals surface area contributed by atoms with Crippen LogP contribution in [0.4, 0.5) is 10.5 Å². The second-order valence-corrected chi connectivity index (χ2v) is 21.3. The summed E-state index contributed by atoms with van der Waals surface area (Å²) in [5.41, 5.74) is 17.5. The number of methoxy groups -OCH3 is 2. The molecule has 4 aliphatic heterocycles. The quantitative estimate of drug-likeness (QED) is 0.0327. The van der Waals surface area contributed by atoms with Gasteiger partial charge in [0.2, 0.25) is 11.8 Å². The number of hydrogen-bond donors (Lipinski definition) is 11. The number of benzene rings is 1. The van der Waals surface area contributed by atoms with Crippen molar-refractivity contribution < 1.29 is 52.5 Å². The number of unbranched alkanes of at least 4 members (excludes halogenated alkanes) is 4. The van der Waals surface area contributed by atoms with Crippen LogP contribution >= 0.6 is 23.5 Å². The Morgan fingerprint density at radius 3 is 1.57 bits per heavy atom. The maximum atomic E-state index is 13.5. The van der Waals surface area contributed by atoms with Crippen molar-refractivity contribution in [2.45, 2.75) is 137 Å². The Balaban J connectivity index is 1.05. The van der Waals surface area contributed by atoms with Crippen molar-refractivity contribution in [1.82, 2.24) is 37.2 Å². The molecule has 14 N–H and O–H groups in total. The minimum atomic E-state index is -0.846. The summed E-state index contributed by atoms with van der Waals surface area (Å²) in [6.45, 7) is 2.32. The fourth-order valence-electron chi connectivity index (χ4n) is 9.18. The number of carbonyl (C=O) groups is 7. The first-order valence-electron chi connectivity index (χ1n) is 26.1. The largest absolute Gasteiger partial charge is 0.467 e. The highest BCUT2D eigenvalue weighted by Crippen LogP contribution is 2.36. The number of rotatable bonds is 35. The number of hydrogen-bond acceptors (Lipinski definition) is 20. The first-order valence-corrected chi connectivity index (χ1v) is 28.2. The van der Waals surface area contributed by atoms with Crippen LogP contribution < -0.4 is 59.7 Å². The monoisotopic (exact) mass is 1090 g/mol. The summed E-state index contributed by atoms with van der Waals surface area (Å²) < 4.78 is 20.7. The van der Waals surface area contributed by atoms with Gasteiger partial charge in [-0.15, -0.1) is 0 Å². The third-order valence-corrected chi connectivity index (χ3v) is 16.0. The molecule has 6 amide bonds. The zero-order chi connectivity index (χ0) is 54.0. The molecule has 8 atom stereocenters. The second kappa shape index (κ2) is 32.8. The third-order valence-electron chi connectivity index (χ3n) is 13.0. The molecule has 2 saturated heterocycles. The fraction of sp³-hybridized carbons (Fsp3) is 0.694. The lowest BCUT2D eigenvalue weighted by atomic mass is 10.0. The average molecular weight is 1090 g/mol. The van der Waals surface area contributed by atoms with E-state index >= 15 is 0 Å². The number of amides is 6. The molecule has 0 saturated carbocycles. The van der Waals surface area contributed by atoms with Crippen LogP contribution in [0.2, 0.25) is 0 Å². The van der Waals surface area contributed by atoms with Gasteiger partial charge in [0.05, 0.1) is 64.8 Å². The lowest BCUT2D eigenvalue weighted by molar-refractivity contribution is -0.145. The van der Waals surface area contributed by atoms with E-state index in [1.807, 2.05) is 23.5 Å². The highest BCUT2D eigenvalue weighted by Gasteiger charge is 2.41. The van der Waals surface area contributed by atoms with Crippen LogP contribution in [-0.2, 0) is 38.1 Å². The summed E-state index contributed by atoms with van der Waals surface area (Å²) in [5, 5.41) is 23.9. The summed E-state index contributed by atoms with van der Waals surface area (Å²) in [6.07, 6.45) is 7.85. The van der Waals surface area contributed by atoms with E-state index in [0.717, 1.165) is 37.2 Å². The molecule has 75 heavy (non-hydrogen) atoms. The van der Waals surface area contributed by atoms with Gasteiger partial charge in [-0.3, -0.25) is 19.2 Å². The number of aliphatic imine (C=N–C) groups is 2. The van der Waals surface area contributed by atoms with Crippen LogP contribution in [-0.4, -0.2) is 179 Å². The summed E-state index contributed by atoms with van der Waals surface area (Å²) in [7, 11) is 2.53. The van der Waals surface area contributed by atoms with Crippen LogP contribution in [0.25, 0.3) is 0 Å². The minimum absolute atomic E-state index is 0.107. The molecule has 0 aromatic heterocycles. The van der Waals surface area contributed by atoms with E-state index < -0.39 is 41.9 Å². The standard InChI is InChI=1S/C49H79N13O11S2/c1-70-45(67)33(57-39(63)15-5-3-13-37-41-35(28-74-37)59-47(51)61-41)11-7-9-18-53-43(65)30-25-31(27-32(26-30)56-49(69)55-20-22-73-24-23-72-21-17-50)44(66)54-19-10-8-12-34(46(68)71-2)58-40(64)16-6-4-14-38-42-36(29-75-38)60-48(52)62-42/h25-27,33-38,41-42H,3-24,28-29,50H2,1-2H3,(H,53,65)(H,54,66)(H,57,63)(H,58,64)(H3,51,59,61)(H3,52,60,62)(H2,55,56,69)/t33-,34-,35-,36-,37-,38-,41-,42-/m0/s1. The molecule has 2 fully saturated rings. The summed E-state index contributed by atoms with van der Waals surface area (Å²) in [6, 6.07) is 2.89. The van der Waals surface area contributed by atoms with Gasteiger partial charge in [0, 0.05) is 77.8 Å².